The first kappa shape index (κ1) is 14.3. The molecule has 3 aromatic rings. The highest BCUT2D eigenvalue weighted by Gasteiger charge is 2.13. The van der Waals surface area contributed by atoms with Crippen LogP contribution in [0.4, 0.5) is 11.8 Å². The van der Waals surface area contributed by atoms with Gasteiger partial charge in [0.05, 0.1) is 5.39 Å². The number of fused-ring (bicyclic) bond motifs is 1. The third-order valence-corrected chi connectivity index (χ3v) is 5.53. The summed E-state index contributed by atoms with van der Waals surface area (Å²) in [5.41, 5.74) is 5.86. The molecule has 0 atom stereocenters. The molecule has 110 valence electrons. The molecule has 0 amide bonds. The van der Waals surface area contributed by atoms with E-state index in [9.17, 15) is 0 Å². The molecule has 21 heavy (non-hydrogen) atoms. The Bertz CT molecular complexity index is 734. The number of nitrogens with zero attached hydrogens (tertiary/aromatic N) is 3. The third-order valence-electron chi connectivity index (χ3n) is 3.42. The van der Waals surface area contributed by atoms with Crippen LogP contribution in [0.25, 0.3) is 10.2 Å². The van der Waals surface area contributed by atoms with E-state index in [1.807, 2.05) is 0 Å². The maximum absolute atomic E-state index is 5.86. The Labute approximate surface area is 132 Å². The van der Waals surface area contributed by atoms with Gasteiger partial charge < -0.3 is 10.6 Å². The summed E-state index contributed by atoms with van der Waals surface area (Å²) in [6.45, 7) is 3.07. The largest absolute Gasteiger partial charge is 0.368 e. The van der Waals surface area contributed by atoms with Gasteiger partial charge in [-0.1, -0.05) is 13.0 Å². The molecule has 0 unspecified atom stereocenters. The molecule has 2 N–H and O–H groups in total. The van der Waals surface area contributed by atoms with Crippen LogP contribution >= 0.6 is 22.7 Å². The summed E-state index contributed by atoms with van der Waals surface area (Å²) < 4.78 is 0. The maximum atomic E-state index is 5.86. The smallest absolute Gasteiger partial charge is 0.223 e. The Morgan fingerprint density at radius 3 is 2.86 bits per heavy atom. The fraction of sp³-hybridized carbons (Fsp3) is 0.333. The van der Waals surface area contributed by atoms with Crippen LogP contribution in [-0.2, 0) is 12.8 Å². The lowest BCUT2D eigenvalue weighted by atomic mass is 10.2. The van der Waals surface area contributed by atoms with Gasteiger partial charge in [0.25, 0.3) is 0 Å². The second-order valence-corrected chi connectivity index (χ2v) is 7.09. The molecule has 3 heterocycles. The van der Waals surface area contributed by atoms with Crippen molar-refractivity contribution >= 4 is 44.7 Å². The molecule has 0 aliphatic carbocycles. The van der Waals surface area contributed by atoms with Gasteiger partial charge in [-0.3, -0.25) is 0 Å². The topological polar surface area (TPSA) is 55.0 Å². The zero-order valence-corrected chi connectivity index (χ0v) is 13.8. The number of anilines is 2. The van der Waals surface area contributed by atoms with Crippen molar-refractivity contribution in [3.05, 3.63) is 33.3 Å². The highest BCUT2D eigenvalue weighted by molar-refractivity contribution is 7.18. The number of hydrogen-bond donors (Lipinski definition) is 1. The van der Waals surface area contributed by atoms with Crippen molar-refractivity contribution in [1.82, 2.24) is 9.97 Å². The molecule has 0 aliphatic heterocycles. The molecule has 3 aromatic heterocycles. The molecule has 0 aromatic carbocycles. The van der Waals surface area contributed by atoms with Crippen molar-refractivity contribution in [3.8, 4) is 0 Å². The third kappa shape index (κ3) is 3.01. The molecule has 4 nitrogen and oxygen atoms in total. The first-order chi connectivity index (χ1) is 10.2. The molecule has 6 heteroatoms. The fourth-order valence-electron chi connectivity index (χ4n) is 2.28. The van der Waals surface area contributed by atoms with Gasteiger partial charge in [-0.15, -0.1) is 22.7 Å². The minimum atomic E-state index is 0.352. The standard InChI is InChI=1S/C15H18N4S2/c1-3-10-9-12-13(17-15(16)18-14(12)21-10)19(2)7-6-11-5-4-8-20-11/h4-5,8-9H,3,6-7H2,1-2H3,(H2,16,17,18). The van der Waals surface area contributed by atoms with Gasteiger partial charge in [0.2, 0.25) is 5.95 Å². The average molecular weight is 318 g/mol. The number of hydrogen-bond acceptors (Lipinski definition) is 6. The number of thiophene rings is 2. The second kappa shape index (κ2) is 5.99. The minimum Gasteiger partial charge on any atom is -0.368 e. The maximum Gasteiger partial charge on any atom is 0.223 e. The lowest BCUT2D eigenvalue weighted by Crippen LogP contribution is -2.22. The highest BCUT2D eigenvalue weighted by Crippen LogP contribution is 2.31. The molecule has 0 saturated carbocycles. The highest BCUT2D eigenvalue weighted by atomic mass is 32.1. The summed E-state index contributed by atoms with van der Waals surface area (Å²) in [6, 6.07) is 6.45. The van der Waals surface area contributed by atoms with Gasteiger partial charge in [-0.05, 0) is 30.4 Å². The van der Waals surface area contributed by atoms with Crippen molar-refractivity contribution in [2.75, 3.05) is 24.2 Å². The van der Waals surface area contributed by atoms with Gasteiger partial charge in [-0.2, -0.15) is 4.98 Å². The van der Waals surface area contributed by atoms with Gasteiger partial charge in [0, 0.05) is 23.3 Å². The van der Waals surface area contributed by atoms with Crippen LogP contribution < -0.4 is 10.6 Å². The van der Waals surface area contributed by atoms with Crippen molar-refractivity contribution in [1.29, 1.82) is 0 Å². The second-order valence-electron chi connectivity index (χ2n) is 4.94. The van der Waals surface area contributed by atoms with Crippen molar-refractivity contribution in [2.45, 2.75) is 19.8 Å². The fourth-order valence-corrected chi connectivity index (χ4v) is 3.94. The summed E-state index contributed by atoms with van der Waals surface area (Å²) >= 11 is 3.50. The van der Waals surface area contributed by atoms with E-state index in [1.54, 1.807) is 22.7 Å². The first-order valence-electron chi connectivity index (χ1n) is 6.97. The Morgan fingerprint density at radius 1 is 1.29 bits per heavy atom. The van der Waals surface area contributed by atoms with Gasteiger partial charge in [0.1, 0.15) is 10.6 Å². The zero-order chi connectivity index (χ0) is 14.8. The van der Waals surface area contributed by atoms with E-state index in [0.717, 1.165) is 35.4 Å². The van der Waals surface area contributed by atoms with E-state index in [1.165, 1.54) is 9.75 Å². The first-order valence-corrected chi connectivity index (χ1v) is 8.66. The molecule has 0 bridgehead atoms. The van der Waals surface area contributed by atoms with Gasteiger partial charge in [-0.25, -0.2) is 4.98 Å². The molecular weight excluding hydrogens is 300 g/mol. The number of aryl methyl sites for hydroxylation is 1. The van der Waals surface area contributed by atoms with E-state index in [0.29, 0.717) is 5.95 Å². The summed E-state index contributed by atoms with van der Waals surface area (Å²) in [5, 5.41) is 3.22. The molecule has 0 radical (unpaired) electrons. The predicted molar refractivity (Wildman–Crippen MR) is 92.5 cm³/mol. The van der Waals surface area contributed by atoms with Crippen molar-refractivity contribution in [2.24, 2.45) is 0 Å². The number of nitrogen functional groups attached to an aromatic ring is 1. The van der Waals surface area contributed by atoms with Gasteiger partial charge >= 0.3 is 0 Å². The van der Waals surface area contributed by atoms with E-state index >= 15 is 0 Å². The molecule has 0 saturated heterocycles. The Hall–Kier alpha value is -1.66. The molecule has 3 rings (SSSR count). The predicted octanol–water partition coefficient (Wildman–Crippen LogP) is 3.58. The van der Waals surface area contributed by atoms with Gasteiger partial charge in [0.15, 0.2) is 0 Å². The summed E-state index contributed by atoms with van der Waals surface area (Å²) in [7, 11) is 2.07. The van der Waals surface area contributed by atoms with E-state index in [2.05, 4.69) is 52.4 Å². The lowest BCUT2D eigenvalue weighted by Gasteiger charge is -2.18. The number of likely N-dealkylation sites (N-methyl/N-ethyl adjacent to an activating group) is 1. The van der Waals surface area contributed by atoms with Crippen LogP contribution in [0.1, 0.15) is 16.7 Å². The Balaban J connectivity index is 1.89. The number of rotatable bonds is 5. The van der Waals surface area contributed by atoms with Crippen LogP contribution in [0.15, 0.2) is 23.6 Å². The molecule has 0 aliphatic rings. The van der Waals surface area contributed by atoms with Crippen molar-refractivity contribution < 1.29 is 0 Å². The Kier molecular flexibility index (Phi) is 4.07. The number of nitrogens with two attached hydrogens (primary N) is 1. The molecule has 0 spiro atoms. The van der Waals surface area contributed by atoms with Crippen molar-refractivity contribution in [3.63, 3.8) is 0 Å². The Morgan fingerprint density at radius 2 is 2.14 bits per heavy atom. The van der Waals surface area contributed by atoms with Crippen LogP contribution in [0.3, 0.4) is 0 Å². The number of aromatic nitrogens is 2. The molecule has 0 fully saturated rings. The van der Waals surface area contributed by atoms with Crippen LogP contribution in [0.5, 0.6) is 0 Å². The van der Waals surface area contributed by atoms with E-state index in [4.69, 9.17) is 5.73 Å². The van der Waals surface area contributed by atoms with E-state index in [-0.39, 0.29) is 0 Å². The average Bonchev–Trinajstić information content (AvgIpc) is 3.12. The SMILES string of the molecule is CCc1cc2c(N(C)CCc3cccs3)nc(N)nc2s1. The van der Waals surface area contributed by atoms with Crippen LogP contribution in [0.2, 0.25) is 0 Å². The summed E-state index contributed by atoms with van der Waals surface area (Å²) in [5.74, 6) is 1.29. The normalized spacial score (nSPS) is 11.1. The zero-order valence-electron chi connectivity index (χ0n) is 12.2. The quantitative estimate of drug-likeness (QED) is 0.781. The minimum absolute atomic E-state index is 0.352. The van der Waals surface area contributed by atoms with Crippen LogP contribution in [-0.4, -0.2) is 23.6 Å². The monoisotopic (exact) mass is 318 g/mol. The summed E-state index contributed by atoms with van der Waals surface area (Å²) in [4.78, 5) is 14.7. The van der Waals surface area contributed by atoms with E-state index < -0.39 is 0 Å². The van der Waals surface area contributed by atoms with Crippen LogP contribution in [0, 0.1) is 0 Å². The summed E-state index contributed by atoms with van der Waals surface area (Å²) in [6.07, 6.45) is 2.03. The molecular formula is C15H18N4S2. The lowest BCUT2D eigenvalue weighted by molar-refractivity contribution is 0.873.